The Hall–Kier alpha value is -1.13. The number of aryl methyl sites for hydroxylation is 1. The lowest BCUT2D eigenvalue weighted by atomic mass is 10.0. The molecule has 1 rings (SSSR count). The highest BCUT2D eigenvalue weighted by Crippen LogP contribution is 2.21. The van der Waals surface area contributed by atoms with Crippen LogP contribution in [-0.4, -0.2) is 34.4 Å². The van der Waals surface area contributed by atoms with Gasteiger partial charge in [0.15, 0.2) is 0 Å². The molecule has 0 saturated carbocycles. The molecule has 4 nitrogen and oxygen atoms in total. The number of pyridine rings is 1. The summed E-state index contributed by atoms with van der Waals surface area (Å²) in [5.41, 5.74) is 1.33. The van der Waals surface area contributed by atoms with Crippen molar-refractivity contribution >= 4 is 5.82 Å². The molecule has 0 bridgehead atoms. The van der Waals surface area contributed by atoms with Gasteiger partial charge < -0.3 is 15.1 Å². The lowest BCUT2D eigenvalue weighted by Gasteiger charge is -2.35. The largest absolute Gasteiger partial charge is 0.394 e. The number of hydrogen-bond acceptors (Lipinski definition) is 4. The Morgan fingerprint density at radius 3 is 2.44 bits per heavy atom. The van der Waals surface area contributed by atoms with Gasteiger partial charge in [0.25, 0.3) is 0 Å². The van der Waals surface area contributed by atoms with Crippen molar-refractivity contribution in [1.29, 1.82) is 0 Å². The van der Waals surface area contributed by atoms with Gasteiger partial charge in [0, 0.05) is 12.7 Å². The molecule has 0 unspecified atom stereocenters. The monoisotopic (exact) mass is 224 g/mol. The first-order chi connectivity index (χ1) is 7.40. The van der Waals surface area contributed by atoms with E-state index in [0.29, 0.717) is 0 Å². The minimum atomic E-state index is -0.368. The van der Waals surface area contributed by atoms with Gasteiger partial charge >= 0.3 is 0 Å². The molecule has 0 atom stereocenters. The molecular formula is C12H20N2O2. The highest BCUT2D eigenvalue weighted by atomic mass is 16.3. The van der Waals surface area contributed by atoms with Crippen LogP contribution in [0.2, 0.25) is 0 Å². The summed E-state index contributed by atoms with van der Waals surface area (Å²) in [4.78, 5) is 6.32. The van der Waals surface area contributed by atoms with E-state index in [1.54, 1.807) is 0 Å². The zero-order valence-corrected chi connectivity index (χ0v) is 10.4. The van der Waals surface area contributed by atoms with E-state index in [2.05, 4.69) is 4.98 Å². The van der Waals surface area contributed by atoms with Gasteiger partial charge in [0.05, 0.1) is 18.8 Å². The van der Waals surface area contributed by atoms with Crippen molar-refractivity contribution in [2.75, 3.05) is 18.6 Å². The van der Waals surface area contributed by atoms with E-state index >= 15 is 0 Å². The summed E-state index contributed by atoms with van der Waals surface area (Å²) in [6.45, 7) is 5.82. The number of aromatic nitrogens is 1. The standard InChI is InChI=1S/C12H20N2O2/c1-9-5-10(7-15)6-11(13-9)14(4)12(2,3)8-16/h5-6,15-16H,7-8H2,1-4H3. The highest BCUT2D eigenvalue weighted by Gasteiger charge is 2.23. The topological polar surface area (TPSA) is 56.6 Å². The van der Waals surface area contributed by atoms with Crippen LogP contribution in [0.3, 0.4) is 0 Å². The van der Waals surface area contributed by atoms with E-state index in [-0.39, 0.29) is 18.8 Å². The van der Waals surface area contributed by atoms with Crippen molar-refractivity contribution in [3.63, 3.8) is 0 Å². The van der Waals surface area contributed by atoms with Gasteiger partial charge in [0.1, 0.15) is 5.82 Å². The summed E-state index contributed by atoms with van der Waals surface area (Å²) in [7, 11) is 1.89. The van der Waals surface area contributed by atoms with Crippen molar-refractivity contribution in [3.8, 4) is 0 Å². The van der Waals surface area contributed by atoms with Crippen LogP contribution in [0, 0.1) is 6.92 Å². The third-order valence-corrected chi connectivity index (χ3v) is 2.82. The average molecular weight is 224 g/mol. The fraction of sp³-hybridized carbons (Fsp3) is 0.583. The van der Waals surface area contributed by atoms with E-state index in [0.717, 1.165) is 17.1 Å². The minimum Gasteiger partial charge on any atom is -0.394 e. The molecule has 0 aliphatic heterocycles. The lowest BCUT2D eigenvalue weighted by molar-refractivity contribution is 0.215. The number of likely N-dealkylation sites (N-methyl/N-ethyl adjacent to an activating group) is 1. The molecule has 16 heavy (non-hydrogen) atoms. The first kappa shape index (κ1) is 12.9. The quantitative estimate of drug-likeness (QED) is 0.804. The molecule has 0 radical (unpaired) electrons. The fourth-order valence-corrected chi connectivity index (χ4v) is 1.40. The molecule has 1 aromatic heterocycles. The van der Waals surface area contributed by atoms with Gasteiger partial charge in [-0.2, -0.15) is 0 Å². The summed E-state index contributed by atoms with van der Waals surface area (Å²) in [6, 6.07) is 3.69. The predicted octanol–water partition coefficient (Wildman–Crippen LogP) is 1.09. The Labute approximate surface area is 96.6 Å². The number of anilines is 1. The Kier molecular flexibility index (Phi) is 3.88. The van der Waals surface area contributed by atoms with Gasteiger partial charge in [0.2, 0.25) is 0 Å². The maximum absolute atomic E-state index is 9.30. The van der Waals surface area contributed by atoms with Crippen molar-refractivity contribution < 1.29 is 10.2 Å². The lowest BCUT2D eigenvalue weighted by Crippen LogP contribution is -2.44. The number of aliphatic hydroxyl groups excluding tert-OH is 2. The van der Waals surface area contributed by atoms with Gasteiger partial charge in [-0.15, -0.1) is 0 Å². The molecule has 4 heteroatoms. The Bertz CT molecular complexity index is 364. The zero-order valence-electron chi connectivity index (χ0n) is 10.4. The summed E-state index contributed by atoms with van der Waals surface area (Å²) in [5, 5.41) is 18.4. The van der Waals surface area contributed by atoms with E-state index in [9.17, 15) is 5.11 Å². The third kappa shape index (κ3) is 2.71. The van der Waals surface area contributed by atoms with Crippen LogP contribution in [0.4, 0.5) is 5.82 Å². The van der Waals surface area contributed by atoms with Gasteiger partial charge in [-0.1, -0.05) is 0 Å². The molecule has 2 N–H and O–H groups in total. The van der Waals surface area contributed by atoms with Crippen LogP contribution in [0.1, 0.15) is 25.1 Å². The van der Waals surface area contributed by atoms with Crippen LogP contribution in [0.15, 0.2) is 12.1 Å². The first-order valence-corrected chi connectivity index (χ1v) is 5.34. The number of aliphatic hydroxyl groups is 2. The van der Waals surface area contributed by atoms with Crippen molar-refractivity contribution in [1.82, 2.24) is 4.98 Å². The number of hydrogen-bond donors (Lipinski definition) is 2. The minimum absolute atomic E-state index is 0.00372. The first-order valence-electron chi connectivity index (χ1n) is 5.34. The van der Waals surface area contributed by atoms with Crippen molar-refractivity contribution in [2.45, 2.75) is 32.9 Å². The van der Waals surface area contributed by atoms with Crippen LogP contribution >= 0.6 is 0 Å². The Balaban J connectivity index is 3.08. The maximum Gasteiger partial charge on any atom is 0.129 e. The number of nitrogens with zero attached hydrogens (tertiary/aromatic N) is 2. The van der Waals surface area contributed by atoms with Gasteiger partial charge in [-0.25, -0.2) is 4.98 Å². The normalized spacial score (nSPS) is 11.6. The molecule has 1 aromatic rings. The van der Waals surface area contributed by atoms with Crippen molar-refractivity contribution in [2.24, 2.45) is 0 Å². The van der Waals surface area contributed by atoms with Gasteiger partial charge in [-0.05, 0) is 38.5 Å². The van der Waals surface area contributed by atoms with Crippen molar-refractivity contribution in [3.05, 3.63) is 23.4 Å². The molecule has 0 aliphatic carbocycles. The molecule has 90 valence electrons. The SMILES string of the molecule is Cc1cc(CO)cc(N(C)C(C)(C)CO)n1. The molecule has 0 saturated heterocycles. The summed E-state index contributed by atoms with van der Waals surface area (Å²) in [5.74, 6) is 0.767. The van der Waals surface area contributed by atoms with E-state index < -0.39 is 0 Å². The van der Waals surface area contributed by atoms with Crippen LogP contribution in [-0.2, 0) is 6.61 Å². The summed E-state index contributed by atoms with van der Waals surface area (Å²) >= 11 is 0. The second-order valence-electron chi connectivity index (χ2n) is 4.66. The predicted molar refractivity (Wildman–Crippen MR) is 64.5 cm³/mol. The molecule has 0 amide bonds. The summed E-state index contributed by atoms with van der Waals surface area (Å²) in [6.07, 6.45) is 0. The van der Waals surface area contributed by atoms with Crippen LogP contribution in [0.25, 0.3) is 0 Å². The Morgan fingerprint density at radius 2 is 1.94 bits per heavy atom. The molecule has 0 aliphatic rings. The van der Waals surface area contributed by atoms with Crippen LogP contribution in [0.5, 0.6) is 0 Å². The van der Waals surface area contributed by atoms with E-state index in [1.165, 1.54) is 0 Å². The number of rotatable bonds is 4. The molecule has 0 aromatic carbocycles. The van der Waals surface area contributed by atoms with Crippen LogP contribution < -0.4 is 4.90 Å². The van der Waals surface area contributed by atoms with E-state index in [1.807, 2.05) is 44.9 Å². The smallest absolute Gasteiger partial charge is 0.129 e. The molecule has 0 fully saturated rings. The fourth-order valence-electron chi connectivity index (χ4n) is 1.40. The molecular weight excluding hydrogens is 204 g/mol. The highest BCUT2D eigenvalue weighted by molar-refractivity contribution is 5.44. The second kappa shape index (κ2) is 4.80. The maximum atomic E-state index is 9.30. The Morgan fingerprint density at radius 1 is 1.31 bits per heavy atom. The zero-order chi connectivity index (χ0) is 12.3. The third-order valence-electron chi connectivity index (χ3n) is 2.82. The van der Waals surface area contributed by atoms with E-state index in [4.69, 9.17) is 5.11 Å². The average Bonchev–Trinajstić information content (AvgIpc) is 2.27. The molecule has 1 heterocycles. The summed E-state index contributed by atoms with van der Waals surface area (Å²) < 4.78 is 0. The molecule has 0 spiro atoms. The van der Waals surface area contributed by atoms with Gasteiger partial charge in [-0.3, -0.25) is 0 Å². The second-order valence-corrected chi connectivity index (χ2v) is 4.66.